The monoisotopic (exact) mass is 238 g/mol. The van der Waals surface area contributed by atoms with Gasteiger partial charge in [0.1, 0.15) is 0 Å². The van der Waals surface area contributed by atoms with Crippen molar-refractivity contribution in [2.24, 2.45) is 17.1 Å². The smallest absolute Gasteiger partial charge is 0.228 e. The van der Waals surface area contributed by atoms with Crippen LogP contribution < -0.4 is 5.73 Å². The molecule has 0 radical (unpaired) electrons. The fourth-order valence-corrected chi connectivity index (χ4v) is 3.37. The van der Waals surface area contributed by atoms with Gasteiger partial charge in [-0.15, -0.1) is 0 Å². The molecule has 0 bridgehead atoms. The van der Waals surface area contributed by atoms with Gasteiger partial charge in [0.25, 0.3) is 0 Å². The Hall–Kier alpha value is -0.570. The lowest BCUT2D eigenvalue weighted by Crippen LogP contribution is -2.51. The van der Waals surface area contributed by atoms with Gasteiger partial charge in [0, 0.05) is 18.0 Å². The molecule has 2 atom stereocenters. The van der Waals surface area contributed by atoms with Crippen LogP contribution >= 0.6 is 0 Å². The minimum atomic E-state index is -0.0786. The number of likely N-dealkylation sites (tertiary alicyclic amines) is 1. The standard InChI is InChI=1S/C14H26N2O/c1-11-5-6-12(9-15)10-16(11)13(17)14(2)7-3-4-8-14/h11-12H,3-10,15H2,1-2H3. The van der Waals surface area contributed by atoms with Crippen LogP contribution in [0, 0.1) is 11.3 Å². The van der Waals surface area contributed by atoms with Crippen molar-refractivity contribution in [3.8, 4) is 0 Å². The van der Waals surface area contributed by atoms with Crippen molar-refractivity contribution in [3.63, 3.8) is 0 Å². The van der Waals surface area contributed by atoms with Crippen LogP contribution in [0.4, 0.5) is 0 Å². The molecule has 3 nitrogen and oxygen atoms in total. The van der Waals surface area contributed by atoms with Crippen molar-refractivity contribution >= 4 is 5.91 Å². The van der Waals surface area contributed by atoms with Gasteiger partial charge in [-0.05, 0) is 45.1 Å². The number of hydrogen-bond acceptors (Lipinski definition) is 2. The molecule has 1 heterocycles. The third-order valence-electron chi connectivity index (χ3n) is 4.80. The number of piperidine rings is 1. The van der Waals surface area contributed by atoms with Crippen LogP contribution in [0.1, 0.15) is 52.4 Å². The van der Waals surface area contributed by atoms with Crippen molar-refractivity contribution < 1.29 is 4.79 Å². The highest BCUT2D eigenvalue weighted by Gasteiger charge is 2.41. The van der Waals surface area contributed by atoms with Crippen molar-refractivity contribution in [2.45, 2.75) is 58.4 Å². The van der Waals surface area contributed by atoms with E-state index in [0.29, 0.717) is 24.4 Å². The molecule has 0 aromatic carbocycles. The topological polar surface area (TPSA) is 46.3 Å². The Bertz CT molecular complexity index is 284. The van der Waals surface area contributed by atoms with Gasteiger partial charge in [0.15, 0.2) is 0 Å². The van der Waals surface area contributed by atoms with Crippen LogP contribution in [0.2, 0.25) is 0 Å². The molecule has 98 valence electrons. The van der Waals surface area contributed by atoms with Crippen molar-refractivity contribution in [1.82, 2.24) is 4.90 Å². The van der Waals surface area contributed by atoms with Gasteiger partial charge in [-0.3, -0.25) is 4.79 Å². The van der Waals surface area contributed by atoms with E-state index in [4.69, 9.17) is 5.73 Å². The lowest BCUT2D eigenvalue weighted by molar-refractivity contribution is -0.145. The molecule has 1 aliphatic carbocycles. The molecule has 2 N–H and O–H groups in total. The normalized spacial score (nSPS) is 32.8. The second-order valence-corrected chi connectivity index (χ2v) is 6.25. The first-order valence-electron chi connectivity index (χ1n) is 7.08. The summed E-state index contributed by atoms with van der Waals surface area (Å²) in [6.45, 7) is 5.93. The summed E-state index contributed by atoms with van der Waals surface area (Å²) in [6.07, 6.45) is 6.86. The van der Waals surface area contributed by atoms with E-state index in [-0.39, 0.29) is 5.41 Å². The molecule has 2 rings (SSSR count). The highest BCUT2D eigenvalue weighted by molar-refractivity contribution is 5.83. The number of rotatable bonds is 2. The van der Waals surface area contributed by atoms with Gasteiger partial charge < -0.3 is 10.6 Å². The highest BCUT2D eigenvalue weighted by atomic mass is 16.2. The van der Waals surface area contributed by atoms with Gasteiger partial charge in [-0.2, -0.15) is 0 Å². The van der Waals surface area contributed by atoms with Gasteiger partial charge >= 0.3 is 0 Å². The van der Waals surface area contributed by atoms with Crippen LogP contribution in [0.5, 0.6) is 0 Å². The molecule has 0 spiro atoms. The fraction of sp³-hybridized carbons (Fsp3) is 0.929. The molecule has 2 aliphatic rings. The van der Waals surface area contributed by atoms with E-state index >= 15 is 0 Å². The summed E-state index contributed by atoms with van der Waals surface area (Å²) >= 11 is 0. The van der Waals surface area contributed by atoms with Crippen LogP contribution in [0.3, 0.4) is 0 Å². The first-order chi connectivity index (χ1) is 8.07. The van der Waals surface area contributed by atoms with Crippen LogP contribution in [-0.2, 0) is 4.79 Å². The van der Waals surface area contributed by atoms with Crippen molar-refractivity contribution in [2.75, 3.05) is 13.1 Å². The summed E-state index contributed by atoms with van der Waals surface area (Å²) in [5.41, 5.74) is 5.68. The summed E-state index contributed by atoms with van der Waals surface area (Å²) in [5.74, 6) is 0.904. The molecule has 2 fully saturated rings. The molecule has 1 saturated carbocycles. The minimum absolute atomic E-state index is 0.0786. The minimum Gasteiger partial charge on any atom is -0.339 e. The second kappa shape index (κ2) is 4.97. The van der Waals surface area contributed by atoms with E-state index in [1.165, 1.54) is 19.3 Å². The molecule has 1 amide bonds. The average molecular weight is 238 g/mol. The summed E-state index contributed by atoms with van der Waals surface area (Å²) in [4.78, 5) is 14.8. The Morgan fingerprint density at radius 2 is 2.00 bits per heavy atom. The zero-order chi connectivity index (χ0) is 12.5. The molecule has 0 aromatic rings. The first kappa shape index (κ1) is 12.9. The molecule has 3 heteroatoms. The van der Waals surface area contributed by atoms with E-state index in [1.807, 2.05) is 0 Å². The summed E-state index contributed by atoms with van der Waals surface area (Å²) < 4.78 is 0. The van der Waals surface area contributed by atoms with Gasteiger partial charge in [-0.1, -0.05) is 19.8 Å². The fourth-order valence-electron chi connectivity index (χ4n) is 3.37. The summed E-state index contributed by atoms with van der Waals surface area (Å²) in [6, 6.07) is 0.405. The first-order valence-corrected chi connectivity index (χ1v) is 7.08. The number of carbonyl (C=O) groups is 1. The molecular formula is C14H26N2O. The lowest BCUT2D eigenvalue weighted by atomic mass is 9.84. The quantitative estimate of drug-likeness (QED) is 0.801. The SMILES string of the molecule is CC1CCC(CN)CN1C(=O)C1(C)CCCC1. The maximum Gasteiger partial charge on any atom is 0.228 e. The van der Waals surface area contributed by atoms with Crippen molar-refractivity contribution in [1.29, 1.82) is 0 Å². The largest absolute Gasteiger partial charge is 0.339 e. The van der Waals surface area contributed by atoms with Gasteiger partial charge in [0.2, 0.25) is 5.91 Å². The second-order valence-electron chi connectivity index (χ2n) is 6.25. The Morgan fingerprint density at radius 3 is 2.59 bits per heavy atom. The average Bonchev–Trinajstić information content (AvgIpc) is 2.77. The van der Waals surface area contributed by atoms with E-state index in [1.54, 1.807) is 0 Å². The molecule has 1 aliphatic heterocycles. The molecule has 0 aromatic heterocycles. The predicted octanol–water partition coefficient (Wildman–Crippen LogP) is 2.15. The van der Waals surface area contributed by atoms with E-state index < -0.39 is 0 Å². The number of nitrogens with zero attached hydrogens (tertiary/aromatic N) is 1. The third kappa shape index (κ3) is 2.49. The summed E-state index contributed by atoms with van der Waals surface area (Å²) in [7, 11) is 0. The summed E-state index contributed by atoms with van der Waals surface area (Å²) in [5, 5.41) is 0. The van der Waals surface area contributed by atoms with Gasteiger partial charge in [-0.25, -0.2) is 0 Å². The number of hydrogen-bond donors (Lipinski definition) is 1. The van der Waals surface area contributed by atoms with Crippen LogP contribution in [0.15, 0.2) is 0 Å². The maximum absolute atomic E-state index is 12.7. The zero-order valence-corrected chi connectivity index (χ0v) is 11.2. The predicted molar refractivity (Wildman–Crippen MR) is 69.5 cm³/mol. The van der Waals surface area contributed by atoms with Crippen LogP contribution in [-0.4, -0.2) is 29.9 Å². The van der Waals surface area contributed by atoms with E-state index in [2.05, 4.69) is 18.7 Å². The Kier molecular flexibility index (Phi) is 3.76. The van der Waals surface area contributed by atoms with Gasteiger partial charge in [0.05, 0.1) is 0 Å². The molecular weight excluding hydrogens is 212 g/mol. The third-order valence-corrected chi connectivity index (χ3v) is 4.80. The number of amides is 1. The van der Waals surface area contributed by atoms with E-state index in [9.17, 15) is 4.79 Å². The maximum atomic E-state index is 12.7. The van der Waals surface area contributed by atoms with Crippen molar-refractivity contribution in [3.05, 3.63) is 0 Å². The zero-order valence-electron chi connectivity index (χ0n) is 11.2. The van der Waals surface area contributed by atoms with Crippen LogP contribution in [0.25, 0.3) is 0 Å². The number of nitrogens with two attached hydrogens (primary N) is 1. The highest BCUT2D eigenvalue weighted by Crippen LogP contribution is 2.40. The Balaban J connectivity index is 2.06. The van der Waals surface area contributed by atoms with E-state index in [0.717, 1.165) is 25.8 Å². The lowest BCUT2D eigenvalue weighted by Gasteiger charge is -2.41. The number of carbonyl (C=O) groups excluding carboxylic acids is 1. The Morgan fingerprint density at radius 1 is 1.35 bits per heavy atom. The molecule has 17 heavy (non-hydrogen) atoms. The molecule has 2 unspecified atom stereocenters. The molecule has 1 saturated heterocycles. The Labute approximate surface area is 105 Å².